The van der Waals surface area contributed by atoms with Crippen molar-refractivity contribution in [2.24, 2.45) is 22.7 Å². The number of ether oxygens (including phenoxy) is 1. The quantitative estimate of drug-likeness (QED) is 0.820. The average molecular weight is 310 g/mol. The molecule has 3 aliphatic rings. The van der Waals surface area contributed by atoms with Gasteiger partial charge in [0.15, 0.2) is 0 Å². The Kier molecular flexibility index (Phi) is 4.15. The average Bonchev–Trinajstić information content (AvgIpc) is 2.44. The lowest BCUT2D eigenvalue weighted by Gasteiger charge is -2.64. The largest absolute Gasteiger partial charge is 0.394 e. The molecular formula is C19H34O3. The maximum atomic E-state index is 9.99. The fraction of sp³-hybridized carbons (Fsp3) is 1.00. The van der Waals surface area contributed by atoms with Crippen LogP contribution in [0.15, 0.2) is 0 Å². The number of hydrogen-bond acceptors (Lipinski definition) is 3. The molecular weight excluding hydrogens is 276 g/mol. The molecule has 2 saturated carbocycles. The SMILES string of the molecule is CC1(C)CCC[C@@]2(C)C1CC[C@@]1(C)O[C@H](C(O)CO)CC[C@@H]12. The zero-order valence-corrected chi connectivity index (χ0v) is 14.8. The molecule has 0 spiro atoms. The summed E-state index contributed by atoms with van der Waals surface area (Å²) in [4.78, 5) is 0. The van der Waals surface area contributed by atoms with Crippen LogP contribution in [0.2, 0.25) is 0 Å². The minimum atomic E-state index is -0.730. The van der Waals surface area contributed by atoms with Crippen LogP contribution in [0.25, 0.3) is 0 Å². The van der Waals surface area contributed by atoms with Gasteiger partial charge in [-0.2, -0.15) is 0 Å². The van der Waals surface area contributed by atoms with Gasteiger partial charge in [0.05, 0.1) is 18.3 Å². The van der Waals surface area contributed by atoms with Gasteiger partial charge in [-0.05, 0) is 68.1 Å². The molecule has 0 aromatic heterocycles. The summed E-state index contributed by atoms with van der Waals surface area (Å²) in [7, 11) is 0. The van der Waals surface area contributed by atoms with Crippen molar-refractivity contribution in [2.45, 2.75) is 90.4 Å². The smallest absolute Gasteiger partial charge is 0.103 e. The Morgan fingerprint density at radius 3 is 2.41 bits per heavy atom. The van der Waals surface area contributed by atoms with Crippen molar-refractivity contribution in [2.75, 3.05) is 6.61 Å². The predicted octanol–water partition coefficient (Wildman–Crippen LogP) is 3.52. The Morgan fingerprint density at radius 2 is 1.73 bits per heavy atom. The fourth-order valence-corrected chi connectivity index (χ4v) is 6.51. The Labute approximate surface area is 135 Å². The van der Waals surface area contributed by atoms with E-state index in [9.17, 15) is 10.2 Å². The van der Waals surface area contributed by atoms with Gasteiger partial charge < -0.3 is 14.9 Å². The fourth-order valence-electron chi connectivity index (χ4n) is 6.51. The van der Waals surface area contributed by atoms with Gasteiger partial charge in [-0.3, -0.25) is 0 Å². The van der Waals surface area contributed by atoms with Crippen LogP contribution in [0, 0.1) is 22.7 Å². The summed E-state index contributed by atoms with van der Waals surface area (Å²) >= 11 is 0. The van der Waals surface area contributed by atoms with Gasteiger partial charge in [0.1, 0.15) is 6.10 Å². The normalized spacial score (nSPS) is 49.1. The third kappa shape index (κ3) is 2.44. The Hall–Kier alpha value is -0.120. The molecule has 6 atom stereocenters. The van der Waals surface area contributed by atoms with E-state index < -0.39 is 6.10 Å². The van der Waals surface area contributed by atoms with Crippen LogP contribution in [0.5, 0.6) is 0 Å². The molecule has 2 N–H and O–H groups in total. The molecule has 3 rings (SSSR count). The third-order valence-corrected chi connectivity index (χ3v) is 7.52. The lowest BCUT2D eigenvalue weighted by Crippen LogP contribution is -2.62. The summed E-state index contributed by atoms with van der Waals surface area (Å²) in [5.74, 6) is 1.37. The van der Waals surface area contributed by atoms with Gasteiger partial charge in [0.25, 0.3) is 0 Å². The van der Waals surface area contributed by atoms with Crippen LogP contribution in [0.3, 0.4) is 0 Å². The first kappa shape index (κ1) is 16.7. The van der Waals surface area contributed by atoms with E-state index in [2.05, 4.69) is 27.7 Å². The van der Waals surface area contributed by atoms with Crippen LogP contribution in [-0.4, -0.2) is 34.6 Å². The second-order valence-electron chi connectivity index (χ2n) is 9.29. The Bertz CT molecular complexity index is 421. The first-order valence-electron chi connectivity index (χ1n) is 9.20. The van der Waals surface area contributed by atoms with E-state index in [1.807, 2.05) is 0 Å². The molecule has 2 unspecified atom stereocenters. The first-order chi connectivity index (χ1) is 10.2. The molecule has 1 heterocycles. The molecule has 3 fully saturated rings. The molecule has 0 bridgehead atoms. The van der Waals surface area contributed by atoms with Crippen molar-refractivity contribution >= 4 is 0 Å². The van der Waals surface area contributed by atoms with Crippen LogP contribution < -0.4 is 0 Å². The summed E-state index contributed by atoms with van der Waals surface area (Å²) in [5.41, 5.74) is 0.678. The van der Waals surface area contributed by atoms with Crippen LogP contribution >= 0.6 is 0 Å². The number of fused-ring (bicyclic) bond motifs is 3. The molecule has 3 heteroatoms. The highest BCUT2D eigenvalue weighted by atomic mass is 16.5. The molecule has 1 aliphatic heterocycles. The van der Waals surface area contributed by atoms with Gasteiger partial charge in [-0.25, -0.2) is 0 Å². The van der Waals surface area contributed by atoms with Gasteiger partial charge in [0.2, 0.25) is 0 Å². The first-order valence-corrected chi connectivity index (χ1v) is 9.20. The lowest BCUT2D eigenvalue weighted by molar-refractivity contribution is -0.252. The summed E-state index contributed by atoms with van der Waals surface area (Å²) in [5, 5.41) is 19.2. The molecule has 0 radical (unpaired) electrons. The standard InChI is InChI=1S/C19H34O3/c1-17(2)9-5-10-18(3)15(17)8-11-19(4)16(18)7-6-14(22-19)13(21)12-20/h13-16,20-21H,5-12H2,1-4H3/t13?,14-,15?,16+,18-,19+/m0/s1. The Balaban J connectivity index is 1.86. The molecule has 0 amide bonds. The van der Waals surface area contributed by atoms with E-state index in [-0.39, 0.29) is 18.3 Å². The summed E-state index contributed by atoms with van der Waals surface area (Å²) in [6.45, 7) is 9.49. The van der Waals surface area contributed by atoms with Crippen molar-refractivity contribution in [3.63, 3.8) is 0 Å². The van der Waals surface area contributed by atoms with Gasteiger partial charge in [0, 0.05) is 0 Å². The molecule has 3 nitrogen and oxygen atoms in total. The summed E-state index contributed by atoms with van der Waals surface area (Å²) in [6.07, 6.45) is 7.41. The topological polar surface area (TPSA) is 49.7 Å². The monoisotopic (exact) mass is 310 g/mol. The van der Waals surface area contributed by atoms with Crippen LogP contribution in [0.1, 0.15) is 72.6 Å². The highest BCUT2D eigenvalue weighted by Gasteiger charge is 2.60. The van der Waals surface area contributed by atoms with Crippen molar-refractivity contribution in [3.05, 3.63) is 0 Å². The molecule has 128 valence electrons. The van der Waals surface area contributed by atoms with Crippen LogP contribution in [-0.2, 0) is 4.74 Å². The van der Waals surface area contributed by atoms with E-state index in [0.29, 0.717) is 16.7 Å². The minimum absolute atomic E-state index is 0.127. The van der Waals surface area contributed by atoms with Gasteiger partial charge in [-0.15, -0.1) is 0 Å². The van der Waals surface area contributed by atoms with Gasteiger partial charge >= 0.3 is 0 Å². The third-order valence-electron chi connectivity index (χ3n) is 7.52. The van der Waals surface area contributed by atoms with Gasteiger partial charge in [-0.1, -0.05) is 27.2 Å². The highest BCUT2D eigenvalue weighted by molar-refractivity contribution is 5.09. The summed E-state index contributed by atoms with van der Waals surface area (Å²) in [6, 6.07) is 0. The van der Waals surface area contributed by atoms with Crippen molar-refractivity contribution in [1.82, 2.24) is 0 Å². The molecule has 1 saturated heterocycles. The van der Waals surface area contributed by atoms with E-state index in [0.717, 1.165) is 25.2 Å². The van der Waals surface area contributed by atoms with E-state index in [4.69, 9.17) is 4.74 Å². The maximum Gasteiger partial charge on any atom is 0.103 e. The maximum absolute atomic E-state index is 9.99. The molecule has 0 aromatic carbocycles. The molecule has 0 aromatic rings. The lowest BCUT2D eigenvalue weighted by atomic mass is 9.44. The zero-order valence-electron chi connectivity index (χ0n) is 14.8. The second-order valence-corrected chi connectivity index (χ2v) is 9.29. The number of aliphatic hydroxyl groups is 2. The van der Waals surface area contributed by atoms with E-state index in [1.165, 1.54) is 25.7 Å². The zero-order chi connectivity index (χ0) is 16.2. The number of aliphatic hydroxyl groups excluding tert-OH is 2. The molecule has 2 aliphatic carbocycles. The minimum Gasteiger partial charge on any atom is -0.394 e. The number of rotatable bonds is 2. The van der Waals surface area contributed by atoms with E-state index in [1.54, 1.807) is 0 Å². The number of hydrogen-bond donors (Lipinski definition) is 2. The molecule has 22 heavy (non-hydrogen) atoms. The van der Waals surface area contributed by atoms with E-state index >= 15 is 0 Å². The van der Waals surface area contributed by atoms with Crippen molar-refractivity contribution in [3.8, 4) is 0 Å². The predicted molar refractivity (Wildman–Crippen MR) is 87.6 cm³/mol. The van der Waals surface area contributed by atoms with Crippen LogP contribution in [0.4, 0.5) is 0 Å². The highest BCUT2D eigenvalue weighted by Crippen LogP contribution is 2.64. The Morgan fingerprint density at radius 1 is 1.00 bits per heavy atom. The second kappa shape index (κ2) is 5.46. The summed E-state index contributed by atoms with van der Waals surface area (Å²) < 4.78 is 6.40. The van der Waals surface area contributed by atoms with Crippen molar-refractivity contribution in [1.29, 1.82) is 0 Å². The van der Waals surface area contributed by atoms with Crippen molar-refractivity contribution < 1.29 is 14.9 Å².